The van der Waals surface area contributed by atoms with Crippen molar-refractivity contribution < 1.29 is 0 Å². The van der Waals surface area contributed by atoms with Gasteiger partial charge in [-0.15, -0.1) is 0 Å². The van der Waals surface area contributed by atoms with Crippen molar-refractivity contribution in [3.05, 3.63) is 35.2 Å². The van der Waals surface area contributed by atoms with Gasteiger partial charge in [0.1, 0.15) is 5.82 Å². The Morgan fingerprint density at radius 3 is 2.63 bits per heavy atom. The molecule has 0 aromatic carbocycles. The summed E-state index contributed by atoms with van der Waals surface area (Å²) < 4.78 is 4.13. The molecule has 2 heterocycles. The third-order valence-electron chi connectivity index (χ3n) is 3.79. The molecule has 0 aliphatic heterocycles. The van der Waals surface area contributed by atoms with Gasteiger partial charge >= 0.3 is 0 Å². The van der Waals surface area contributed by atoms with Gasteiger partial charge in [-0.2, -0.15) is 5.10 Å². The average molecular weight is 261 g/mol. The van der Waals surface area contributed by atoms with Crippen LogP contribution < -0.4 is 5.32 Å². The topological polar surface area (TPSA) is 47.7 Å². The summed E-state index contributed by atoms with van der Waals surface area (Å²) in [7, 11) is 3.99. The van der Waals surface area contributed by atoms with Crippen LogP contribution in [0.5, 0.6) is 0 Å². The number of imidazole rings is 1. The van der Waals surface area contributed by atoms with Crippen molar-refractivity contribution in [2.75, 3.05) is 7.05 Å². The fourth-order valence-electron chi connectivity index (χ4n) is 2.64. The lowest BCUT2D eigenvalue weighted by molar-refractivity contribution is 0.547. The monoisotopic (exact) mass is 261 g/mol. The molecule has 5 heteroatoms. The quantitative estimate of drug-likeness (QED) is 0.892. The first kappa shape index (κ1) is 13.8. The second-order valence-corrected chi connectivity index (χ2v) is 4.88. The van der Waals surface area contributed by atoms with Crippen LogP contribution in [0.3, 0.4) is 0 Å². The molecule has 5 nitrogen and oxygen atoms in total. The number of likely N-dealkylation sites (N-methyl/N-ethyl adjacent to an activating group) is 1. The van der Waals surface area contributed by atoms with E-state index in [1.807, 2.05) is 31.2 Å². The molecule has 0 amide bonds. The van der Waals surface area contributed by atoms with E-state index in [9.17, 15) is 0 Å². The maximum absolute atomic E-state index is 4.50. The summed E-state index contributed by atoms with van der Waals surface area (Å²) in [6, 6.07) is 0.251. The van der Waals surface area contributed by atoms with E-state index in [0.717, 1.165) is 24.5 Å². The number of rotatable bonds is 5. The molecule has 0 bridgehead atoms. The van der Waals surface area contributed by atoms with E-state index in [-0.39, 0.29) is 6.04 Å². The molecular weight excluding hydrogens is 238 g/mol. The average Bonchev–Trinajstić information content (AvgIpc) is 2.93. The molecule has 0 spiro atoms. The summed E-state index contributed by atoms with van der Waals surface area (Å²) >= 11 is 0. The van der Waals surface area contributed by atoms with Gasteiger partial charge in [0.05, 0.1) is 5.69 Å². The first-order valence-electron chi connectivity index (χ1n) is 6.75. The molecule has 2 aromatic heterocycles. The Balaban J connectivity index is 2.30. The van der Waals surface area contributed by atoms with Gasteiger partial charge in [-0.25, -0.2) is 4.98 Å². The largest absolute Gasteiger partial charge is 0.335 e. The van der Waals surface area contributed by atoms with Gasteiger partial charge in [0.25, 0.3) is 0 Å². The Morgan fingerprint density at radius 2 is 2.11 bits per heavy atom. The van der Waals surface area contributed by atoms with Crippen LogP contribution in [0.1, 0.15) is 35.7 Å². The minimum Gasteiger partial charge on any atom is -0.335 e. The second-order valence-electron chi connectivity index (χ2n) is 4.88. The first-order valence-corrected chi connectivity index (χ1v) is 6.75. The zero-order valence-corrected chi connectivity index (χ0v) is 12.4. The maximum Gasteiger partial charge on any atom is 0.110 e. The molecule has 1 atom stereocenters. The van der Waals surface area contributed by atoms with E-state index in [0.29, 0.717) is 0 Å². The van der Waals surface area contributed by atoms with Crippen LogP contribution in [-0.2, 0) is 20.0 Å². The molecule has 1 unspecified atom stereocenters. The van der Waals surface area contributed by atoms with Gasteiger partial charge in [-0.3, -0.25) is 4.68 Å². The van der Waals surface area contributed by atoms with Crippen LogP contribution in [0.2, 0.25) is 0 Å². The summed E-state index contributed by atoms with van der Waals surface area (Å²) in [6.07, 6.45) is 4.78. The predicted molar refractivity (Wildman–Crippen MR) is 76.1 cm³/mol. The van der Waals surface area contributed by atoms with Crippen LogP contribution in [-0.4, -0.2) is 26.4 Å². The van der Waals surface area contributed by atoms with Crippen molar-refractivity contribution in [3.8, 4) is 0 Å². The number of hydrogen-bond acceptors (Lipinski definition) is 3. The van der Waals surface area contributed by atoms with Gasteiger partial charge < -0.3 is 9.88 Å². The zero-order valence-electron chi connectivity index (χ0n) is 12.4. The molecule has 0 fully saturated rings. The van der Waals surface area contributed by atoms with Crippen LogP contribution in [0.25, 0.3) is 0 Å². The van der Waals surface area contributed by atoms with Crippen molar-refractivity contribution in [2.45, 2.75) is 39.8 Å². The van der Waals surface area contributed by atoms with E-state index >= 15 is 0 Å². The van der Waals surface area contributed by atoms with Gasteiger partial charge in [0.2, 0.25) is 0 Å². The second kappa shape index (κ2) is 5.57. The molecule has 104 valence electrons. The highest BCUT2D eigenvalue weighted by Crippen LogP contribution is 2.23. The highest BCUT2D eigenvalue weighted by atomic mass is 15.3. The molecular formula is C14H23N5. The van der Waals surface area contributed by atoms with Crippen molar-refractivity contribution >= 4 is 0 Å². The van der Waals surface area contributed by atoms with Gasteiger partial charge in [-0.05, 0) is 27.8 Å². The molecule has 19 heavy (non-hydrogen) atoms. The van der Waals surface area contributed by atoms with Crippen molar-refractivity contribution in [1.82, 2.24) is 24.6 Å². The fourth-order valence-corrected chi connectivity index (χ4v) is 2.64. The van der Waals surface area contributed by atoms with E-state index in [1.165, 1.54) is 11.3 Å². The Kier molecular flexibility index (Phi) is 4.04. The Labute approximate surface area is 114 Å². The summed E-state index contributed by atoms with van der Waals surface area (Å²) in [5.41, 5.74) is 3.59. The SMILES string of the molecule is CCn1ccnc1CC(NC)c1c(C)nn(C)c1C. The number of aryl methyl sites for hydroxylation is 3. The van der Waals surface area contributed by atoms with Crippen LogP contribution in [0.4, 0.5) is 0 Å². The third kappa shape index (κ3) is 2.56. The smallest absolute Gasteiger partial charge is 0.110 e. The van der Waals surface area contributed by atoms with Crippen molar-refractivity contribution in [1.29, 1.82) is 0 Å². The standard InChI is InChI=1S/C14H23N5/c1-6-19-8-7-16-13(19)9-12(15-4)14-10(2)17-18(5)11(14)3/h7-8,12,15H,6,9H2,1-5H3. The van der Waals surface area contributed by atoms with E-state index in [2.05, 4.69) is 40.7 Å². The Morgan fingerprint density at radius 1 is 1.37 bits per heavy atom. The normalized spacial score (nSPS) is 12.9. The van der Waals surface area contributed by atoms with Gasteiger partial charge in [0.15, 0.2) is 0 Å². The molecule has 0 radical (unpaired) electrons. The highest BCUT2D eigenvalue weighted by molar-refractivity contribution is 5.29. The number of aromatic nitrogens is 4. The summed E-state index contributed by atoms with van der Waals surface area (Å²) in [6.45, 7) is 7.28. The maximum atomic E-state index is 4.50. The van der Waals surface area contributed by atoms with E-state index < -0.39 is 0 Å². The van der Waals surface area contributed by atoms with Gasteiger partial charge in [0, 0.05) is 49.7 Å². The molecule has 0 aliphatic rings. The lowest BCUT2D eigenvalue weighted by Gasteiger charge is -2.17. The third-order valence-corrected chi connectivity index (χ3v) is 3.79. The highest BCUT2D eigenvalue weighted by Gasteiger charge is 2.20. The Bertz CT molecular complexity index is 552. The fraction of sp³-hybridized carbons (Fsp3) is 0.571. The Hall–Kier alpha value is -1.62. The number of nitrogens with zero attached hydrogens (tertiary/aromatic N) is 4. The van der Waals surface area contributed by atoms with Crippen LogP contribution >= 0.6 is 0 Å². The summed E-state index contributed by atoms with van der Waals surface area (Å²) in [5.74, 6) is 1.12. The van der Waals surface area contributed by atoms with Gasteiger partial charge in [-0.1, -0.05) is 0 Å². The van der Waals surface area contributed by atoms with Crippen LogP contribution in [0, 0.1) is 13.8 Å². The lowest BCUT2D eigenvalue weighted by atomic mass is 10.0. The van der Waals surface area contributed by atoms with E-state index in [1.54, 1.807) is 0 Å². The molecule has 0 aliphatic carbocycles. The molecule has 0 saturated heterocycles. The summed E-state index contributed by atoms with van der Waals surface area (Å²) in [5, 5.41) is 7.90. The molecule has 2 aromatic rings. The van der Waals surface area contributed by atoms with E-state index in [4.69, 9.17) is 0 Å². The predicted octanol–water partition coefficient (Wildman–Crippen LogP) is 1.76. The van der Waals surface area contributed by atoms with Crippen LogP contribution in [0.15, 0.2) is 12.4 Å². The zero-order chi connectivity index (χ0) is 14.0. The first-order chi connectivity index (χ1) is 9.08. The molecule has 1 N–H and O–H groups in total. The summed E-state index contributed by atoms with van der Waals surface area (Å²) in [4.78, 5) is 4.46. The molecule has 0 saturated carbocycles. The number of hydrogen-bond donors (Lipinski definition) is 1. The van der Waals surface area contributed by atoms with Crippen molar-refractivity contribution in [2.24, 2.45) is 7.05 Å². The molecule has 2 rings (SSSR count). The number of nitrogens with one attached hydrogen (secondary N) is 1. The lowest BCUT2D eigenvalue weighted by Crippen LogP contribution is -2.22. The van der Waals surface area contributed by atoms with Crippen molar-refractivity contribution in [3.63, 3.8) is 0 Å². The minimum atomic E-state index is 0.251. The minimum absolute atomic E-state index is 0.251.